The van der Waals surface area contributed by atoms with Gasteiger partial charge in [0, 0.05) is 5.75 Å². The predicted octanol–water partition coefficient (Wildman–Crippen LogP) is 1.12. The molecule has 0 amide bonds. The number of aromatic nitrogens is 4. The molecule has 0 radical (unpaired) electrons. The van der Waals surface area contributed by atoms with Crippen LogP contribution in [0.3, 0.4) is 0 Å². The van der Waals surface area contributed by atoms with E-state index >= 15 is 0 Å². The Balaban J connectivity index is 1.32. The third-order valence-corrected chi connectivity index (χ3v) is 9.35. The molecule has 2 aliphatic heterocycles. The zero-order valence-electron chi connectivity index (χ0n) is 23.3. The van der Waals surface area contributed by atoms with Crippen LogP contribution in [0.25, 0.3) is 11.2 Å². The Morgan fingerprint density at radius 1 is 1.37 bits per heavy atom. The molecule has 228 valence electrons. The maximum atomic E-state index is 13.2. The molecule has 0 saturated carbocycles. The lowest BCUT2D eigenvalue weighted by molar-refractivity contribution is -0.150. The molecule has 0 unspecified atom stereocenters. The molecule has 2 aromatic rings. The number of thioether (sulfide) groups is 1. The van der Waals surface area contributed by atoms with Gasteiger partial charge in [0.1, 0.15) is 30.5 Å². The predicted molar refractivity (Wildman–Crippen MR) is 145 cm³/mol. The van der Waals surface area contributed by atoms with Crippen LogP contribution < -0.4 is 11.5 Å². The van der Waals surface area contributed by atoms with Crippen molar-refractivity contribution in [1.82, 2.24) is 19.5 Å². The van der Waals surface area contributed by atoms with Gasteiger partial charge in [-0.05, 0) is 26.7 Å². The number of hydrogen-bond donors (Lipinski definition) is 4. The van der Waals surface area contributed by atoms with Gasteiger partial charge in [0.15, 0.2) is 22.5 Å². The van der Waals surface area contributed by atoms with E-state index in [9.17, 15) is 24.4 Å². The second-order valence-electron chi connectivity index (χ2n) is 11.0. The first-order valence-corrected chi connectivity index (χ1v) is 15.2. The zero-order valence-corrected chi connectivity index (χ0v) is 25.0. The number of hydrogen-bond acceptors (Lipinski definition) is 16. The molecule has 0 bridgehead atoms. The number of carbonyl (C=O) groups is 2. The molecule has 18 heteroatoms. The lowest BCUT2D eigenvalue weighted by atomic mass is 9.96. The van der Waals surface area contributed by atoms with Gasteiger partial charge in [-0.3, -0.25) is 27.7 Å². The van der Waals surface area contributed by atoms with E-state index in [1.54, 1.807) is 27.7 Å². The van der Waals surface area contributed by atoms with Gasteiger partial charge in [-0.2, -0.15) is 9.97 Å². The summed E-state index contributed by atoms with van der Waals surface area (Å²) in [6, 6.07) is -0.781. The van der Waals surface area contributed by atoms with Gasteiger partial charge in [0.2, 0.25) is 11.8 Å². The van der Waals surface area contributed by atoms with Crippen LogP contribution >= 0.6 is 19.6 Å². The molecule has 2 saturated heterocycles. The second kappa shape index (κ2) is 11.7. The van der Waals surface area contributed by atoms with Crippen molar-refractivity contribution in [3.63, 3.8) is 0 Å². The van der Waals surface area contributed by atoms with Crippen molar-refractivity contribution in [2.24, 2.45) is 17.1 Å². The average Bonchev–Trinajstić information content (AvgIpc) is 3.42. The van der Waals surface area contributed by atoms with Crippen LogP contribution in [0, 0.1) is 11.3 Å². The third-order valence-electron chi connectivity index (χ3n) is 6.71. The van der Waals surface area contributed by atoms with Crippen LogP contribution in [0.15, 0.2) is 6.33 Å². The summed E-state index contributed by atoms with van der Waals surface area (Å²) >= 11 is 0.913. The number of anilines is 1. The monoisotopic (exact) mass is 618 g/mol. The molecule has 6 N–H and O–H groups in total. The van der Waals surface area contributed by atoms with Gasteiger partial charge < -0.3 is 31.2 Å². The van der Waals surface area contributed by atoms with E-state index in [0.717, 1.165) is 11.8 Å². The summed E-state index contributed by atoms with van der Waals surface area (Å²) in [4.78, 5) is 36.5. The number of phosphoric acid groups is 1. The minimum atomic E-state index is -4.14. The fourth-order valence-electron chi connectivity index (χ4n) is 4.19. The van der Waals surface area contributed by atoms with E-state index in [2.05, 4.69) is 15.0 Å². The van der Waals surface area contributed by atoms with Gasteiger partial charge in [-0.25, -0.2) is 9.55 Å². The minimum Gasteiger partial charge on any atom is -0.492 e. The Morgan fingerprint density at radius 3 is 2.76 bits per heavy atom. The molecule has 4 rings (SSSR count). The van der Waals surface area contributed by atoms with Crippen LogP contribution in [-0.4, -0.2) is 90.2 Å². The highest BCUT2D eigenvalue weighted by Crippen LogP contribution is 2.58. The highest BCUT2D eigenvalue weighted by molar-refractivity contribution is 8.13. The minimum absolute atomic E-state index is 0.0483. The number of rotatable bonds is 10. The van der Waals surface area contributed by atoms with Crippen molar-refractivity contribution >= 4 is 47.8 Å². The highest BCUT2D eigenvalue weighted by atomic mass is 32.2. The molecule has 2 aliphatic rings. The van der Waals surface area contributed by atoms with Crippen LogP contribution in [-0.2, 0) is 37.2 Å². The molecule has 41 heavy (non-hydrogen) atoms. The molecular formula is C23H35N6O10PS. The molecule has 0 aliphatic carbocycles. The maximum Gasteiger partial charge on any atom is 0.475 e. The first-order valence-electron chi connectivity index (χ1n) is 12.8. The van der Waals surface area contributed by atoms with E-state index in [1.165, 1.54) is 17.8 Å². The molecule has 16 nitrogen and oxygen atoms in total. The standard InChI is InChI=1S/C23H35N6O10PS/c1-11(2)13(24)18(31)35-9-22(3,4)20(32)41-7-6-36-40(34)37-8-12-15(39-40)23(5,33)19(38-12)29-10-26-14-16(29)27-21(25)28-17(14)30/h10-13,15,19,33H,6-9,24H2,1-5H3,(H3,25,27,28,30)/t12-,13+,15-,19-,23-,40+/m1/s1. The smallest absolute Gasteiger partial charge is 0.475 e. The number of imidazole rings is 1. The summed E-state index contributed by atoms with van der Waals surface area (Å²) in [5, 5.41) is 21.1. The molecule has 0 aromatic carbocycles. The Kier molecular flexibility index (Phi) is 9.02. The average molecular weight is 619 g/mol. The number of nitrogens with two attached hydrogens (primary N) is 2. The number of esters is 1. The summed E-state index contributed by atoms with van der Waals surface area (Å²) in [5.41, 5.74) is 8.83. The lowest BCUT2D eigenvalue weighted by Crippen LogP contribution is -2.47. The van der Waals surface area contributed by atoms with E-state index in [1.807, 2.05) is 0 Å². The summed E-state index contributed by atoms with van der Waals surface area (Å²) in [5.74, 6) is -1.22. The Bertz CT molecular complexity index is 1350. The first kappa shape index (κ1) is 31.6. The van der Waals surface area contributed by atoms with Crippen molar-refractivity contribution in [2.45, 2.75) is 64.7 Å². The quantitative estimate of drug-likeness (QED) is 0.166. The number of aromatic hydroxyl groups is 1. The fourth-order valence-corrected chi connectivity index (χ4v) is 6.58. The third kappa shape index (κ3) is 6.51. The molecule has 4 heterocycles. The van der Waals surface area contributed by atoms with Crippen LogP contribution in [0.2, 0.25) is 0 Å². The topological polar surface area (TPSA) is 233 Å². The van der Waals surface area contributed by atoms with Crippen molar-refractivity contribution in [3.8, 4) is 5.88 Å². The highest BCUT2D eigenvalue weighted by Gasteiger charge is 2.60. The van der Waals surface area contributed by atoms with E-state index in [0.29, 0.717) is 0 Å². The van der Waals surface area contributed by atoms with Gasteiger partial charge in [-0.1, -0.05) is 25.6 Å². The van der Waals surface area contributed by atoms with E-state index in [4.69, 9.17) is 34.5 Å². The fraction of sp³-hybridized carbons (Fsp3) is 0.696. The number of fused-ring (bicyclic) bond motifs is 2. The summed E-state index contributed by atoms with van der Waals surface area (Å²) in [7, 11) is -4.14. The molecule has 2 fully saturated rings. The molecule has 2 aromatic heterocycles. The largest absolute Gasteiger partial charge is 0.492 e. The zero-order chi connectivity index (χ0) is 30.3. The van der Waals surface area contributed by atoms with Gasteiger partial charge in [0.25, 0.3) is 0 Å². The van der Waals surface area contributed by atoms with Crippen LogP contribution in [0.1, 0.15) is 40.8 Å². The SMILES string of the molecule is CC(C)[C@H](N)C(=O)OCC(C)(C)C(=O)SCCO[P@@]1(=O)OC[C@H]2O[C@@H](n3cnc4c(O)nc(N)nc43)[C@](C)(O)[C@@H]2O1. The lowest BCUT2D eigenvalue weighted by Gasteiger charge is -2.35. The van der Waals surface area contributed by atoms with Gasteiger partial charge in [-0.15, -0.1) is 0 Å². The summed E-state index contributed by atoms with van der Waals surface area (Å²) in [6.07, 6.45) is -1.78. The van der Waals surface area contributed by atoms with E-state index in [-0.39, 0.29) is 53.7 Å². The second-order valence-corrected chi connectivity index (χ2v) is 13.7. The van der Waals surface area contributed by atoms with Crippen molar-refractivity contribution < 1.29 is 47.4 Å². The number of carbonyl (C=O) groups excluding carboxylic acids is 2. The maximum absolute atomic E-state index is 13.2. The van der Waals surface area contributed by atoms with Gasteiger partial charge in [0.05, 0.1) is 25.0 Å². The normalized spacial score (nSPS) is 29.0. The number of nitrogens with zero attached hydrogens (tertiary/aromatic N) is 4. The van der Waals surface area contributed by atoms with Crippen LogP contribution in [0.4, 0.5) is 5.95 Å². The first-order chi connectivity index (χ1) is 19.1. The number of ether oxygens (including phenoxy) is 2. The summed E-state index contributed by atoms with van der Waals surface area (Å²) in [6.45, 7) is 7.75. The summed E-state index contributed by atoms with van der Waals surface area (Å²) < 4.78 is 42.1. The number of phosphoric ester groups is 1. The van der Waals surface area contributed by atoms with E-state index < -0.39 is 55.2 Å². The Hall–Kier alpha value is -2.37. The number of aliphatic hydroxyl groups is 1. The Morgan fingerprint density at radius 2 is 2.07 bits per heavy atom. The van der Waals surface area contributed by atoms with Crippen molar-refractivity contribution in [2.75, 3.05) is 31.3 Å². The van der Waals surface area contributed by atoms with Crippen molar-refractivity contribution in [1.29, 1.82) is 0 Å². The number of nitrogen functional groups attached to an aromatic ring is 1. The molecule has 6 atom stereocenters. The van der Waals surface area contributed by atoms with Crippen LogP contribution in [0.5, 0.6) is 5.88 Å². The van der Waals surface area contributed by atoms with Gasteiger partial charge >= 0.3 is 13.8 Å². The Labute approximate surface area is 240 Å². The van der Waals surface area contributed by atoms with Crippen molar-refractivity contribution in [3.05, 3.63) is 6.33 Å². The molecule has 0 spiro atoms. The molecular weight excluding hydrogens is 583 g/mol.